The van der Waals surface area contributed by atoms with Crippen LogP contribution in [0.25, 0.3) is 11.0 Å². The van der Waals surface area contributed by atoms with E-state index < -0.39 is 0 Å². The second kappa shape index (κ2) is 11.3. The lowest BCUT2D eigenvalue weighted by atomic mass is 9.90. The molecule has 1 aliphatic carbocycles. The van der Waals surface area contributed by atoms with Crippen molar-refractivity contribution >= 4 is 11.0 Å². The quantitative estimate of drug-likeness (QED) is 0.279. The number of aromatic nitrogens is 4. The van der Waals surface area contributed by atoms with Crippen molar-refractivity contribution in [1.82, 2.24) is 29.7 Å². The molecule has 3 heterocycles. The van der Waals surface area contributed by atoms with Gasteiger partial charge in [-0.2, -0.15) is 0 Å². The molecular weight excluding hydrogens is 468 g/mol. The molecule has 38 heavy (non-hydrogen) atoms. The Morgan fingerprint density at radius 3 is 2.50 bits per heavy atom. The lowest BCUT2D eigenvalue weighted by molar-refractivity contribution is 0.155. The maximum atomic E-state index is 4.82. The van der Waals surface area contributed by atoms with Crippen LogP contribution in [0.15, 0.2) is 91.3 Å². The van der Waals surface area contributed by atoms with Crippen LogP contribution in [0.5, 0.6) is 0 Å². The Hall–Kier alpha value is -3.87. The topological polar surface area (TPSA) is 58.9 Å². The number of fused-ring (bicyclic) bond motifs is 2. The molecule has 6 rings (SSSR count). The van der Waals surface area contributed by atoms with Crippen LogP contribution in [-0.2, 0) is 39.6 Å². The highest BCUT2D eigenvalue weighted by Crippen LogP contribution is 2.34. The number of imidazole rings is 1. The second-order valence-corrected chi connectivity index (χ2v) is 10.2. The van der Waals surface area contributed by atoms with E-state index in [1.54, 1.807) is 0 Å². The fourth-order valence-corrected chi connectivity index (χ4v) is 5.59. The maximum Gasteiger partial charge on any atom is 0.123 e. The summed E-state index contributed by atoms with van der Waals surface area (Å²) in [5.74, 6) is 1.05. The van der Waals surface area contributed by atoms with Crippen molar-refractivity contribution in [3.05, 3.63) is 125 Å². The highest BCUT2D eigenvalue weighted by atomic mass is 15.2. The smallest absolute Gasteiger partial charge is 0.123 e. The molecule has 3 aromatic heterocycles. The molecule has 2 aromatic carbocycles. The molecule has 192 valence electrons. The Morgan fingerprint density at radius 1 is 0.842 bits per heavy atom. The molecule has 0 bridgehead atoms. The molecule has 1 aliphatic rings. The van der Waals surface area contributed by atoms with E-state index in [1.165, 1.54) is 34.3 Å². The van der Waals surface area contributed by atoms with Gasteiger partial charge in [-0.15, -0.1) is 0 Å². The van der Waals surface area contributed by atoms with Gasteiger partial charge in [0.15, 0.2) is 0 Å². The van der Waals surface area contributed by atoms with E-state index in [0.717, 1.165) is 56.1 Å². The second-order valence-electron chi connectivity index (χ2n) is 10.2. The largest absolute Gasteiger partial charge is 0.330 e. The predicted octanol–water partition coefficient (Wildman–Crippen LogP) is 5.73. The molecular formula is C32H34N6. The number of nitrogens with zero attached hydrogens (tertiary/aromatic N) is 5. The highest BCUT2D eigenvalue weighted by molar-refractivity contribution is 5.75. The van der Waals surface area contributed by atoms with Crippen molar-refractivity contribution in [2.45, 2.75) is 51.5 Å². The normalized spacial score (nSPS) is 15.2. The van der Waals surface area contributed by atoms with Gasteiger partial charge in [-0.3, -0.25) is 14.9 Å². The van der Waals surface area contributed by atoms with E-state index in [0.29, 0.717) is 6.04 Å². The maximum absolute atomic E-state index is 4.82. The number of para-hydroxylation sites is 2. The Morgan fingerprint density at radius 2 is 1.66 bits per heavy atom. The van der Waals surface area contributed by atoms with Gasteiger partial charge in [-0.1, -0.05) is 48.5 Å². The molecule has 0 radical (unpaired) electrons. The van der Waals surface area contributed by atoms with Crippen LogP contribution in [0.4, 0.5) is 0 Å². The minimum atomic E-state index is 0.302. The Kier molecular flexibility index (Phi) is 7.25. The number of hydrogen-bond acceptors (Lipinski definition) is 5. The summed E-state index contributed by atoms with van der Waals surface area (Å²) in [6.07, 6.45) is 7.26. The van der Waals surface area contributed by atoms with Crippen LogP contribution in [0.3, 0.4) is 0 Å². The van der Waals surface area contributed by atoms with E-state index in [2.05, 4.69) is 93.5 Å². The van der Waals surface area contributed by atoms with E-state index in [4.69, 9.17) is 9.97 Å². The fourth-order valence-electron chi connectivity index (χ4n) is 5.59. The molecule has 0 saturated heterocycles. The van der Waals surface area contributed by atoms with Crippen molar-refractivity contribution in [2.24, 2.45) is 7.05 Å². The first-order valence-corrected chi connectivity index (χ1v) is 13.5. The first kappa shape index (κ1) is 24.5. The summed E-state index contributed by atoms with van der Waals surface area (Å²) < 4.78 is 2.17. The molecule has 1 atom stereocenters. The van der Waals surface area contributed by atoms with Gasteiger partial charge < -0.3 is 9.88 Å². The lowest BCUT2D eigenvalue weighted by Crippen LogP contribution is -2.31. The lowest BCUT2D eigenvalue weighted by Gasteiger charge is -2.35. The van der Waals surface area contributed by atoms with Gasteiger partial charge in [-0.25, -0.2) is 4.98 Å². The molecule has 5 aromatic rings. The Bertz CT molecular complexity index is 1490. The minimum Gasteiger partial charge on any atom is -0.330 e. The Balaban J connectivity index is 1.14. The summed E-state index contributed by atoms with van der Waals surface area (Å²) in [6.45, 7) is 3.22. The van der Waals surface area contributed by atoms with Crippen molar-refractivity contribution in [2.75, 3.05) is 0 Å². The van der Waals surface area contributed by atoms with Gasteiger partial charge >= 0.3 is 0 Å². The van der Waals surface area contributed by atoms with Crippen molar-refractivity contribution < 1.29 is 0 Å². The number of benzene rings is 2. The van der Waals surface area contributed by atoms with Crippen LogP contribution < -0.4 is 5.32 Å². The van der Waals surface area contributed by atoms with E-state index in [1.807, 2.05) is 24.5 Å². The third-order valence-electron chi connectivity index (χ3n) is 7.60. The number of pyridine rings is 2. The van der Waals surface area contributed by atoms with Gasteiger partial charge in [0.2, 0.25) is 0 Å². The average molecular weight is 503 g/mol. The average Bonchev–Trinajstić information content (AvgIpc) is 3.29. The molecule has 0 fully saturated rings. The number of rotatable bonds is 9. The molecule has 6 nitrogen and oxygen atoms in total. The summed E-state index contributed by atoms with van der Waals surface area (Å²) in [5, 5.41) is 3.57. The van der Waals surface area contributed by atoms with Crippen molar-refractivity contribution in [1.29, 1.82) is 0 Å². The fraction of sp³-hybridized carbons (Fsp3) is 0.281. The van der Waals surface area contributed by atoms with Crippen molar-refractivity contribution in [3.63, 3.8) is 0 Å². The zero-order chi connectivity index (χ0) is 25.7. The van der Waals surface area contributed by atoms with Gasteiger partial charge in [0.25, 0.3) is 0 Å². The first-order valence-electron chi connectivity index (χ1n) is 13.5. The Labute approximate surface area is 224 Å². The number of hydrogen-bond donors (Lipinski definition) is 1. The standard InChI is InChI=1S/C32H34N6/c1-37-29-12-3-2-11-28(29)36-31(37)21-33-20-24-14-16-25(17-15-24)22-38(23-27-10-4-5-18-34-27)30-13-6-8-26-9-7-19-35-32(26)30/h2-5,7,9-12,14-19,30,33H,6,8,13,20-23H2,1H3. The van der Waals surface area contributed by atoms with E-state index in [-0.39, 0.29) is 0 Å². The highest BCUT2D eigenvalue weighted by Gasteiger charge is 2.27. The third-order valence-corrected chi connectivity index (χ3v) is 7.60. The van der Waals surface area contributed by atoms with Gasteiger partial charge in [0.1, 0.15) is 5.82 Å². The number of nitrogens with one attached hydrogen (secondary N) is 1. The van der Waals surface area contributed by atoms with E-state index >= 15 is 0 Å². The van der Waals surface area contributed by atoms with Crippen LogP contribution in [0.1, 0.15) is 52.8 Å². The van der Waals surface area contributed by atoms with Gasteiger partial charge in [0.05, 0.1) is 35.0 Å². The predicted molar refractivity (Wildman–Crippen MR) is 151 cm³/mol. The van der Waals surface area contributed by atoms with Crippen LogP contribution in [0, 0.1) is 0 Å². The number of aryl methyl sites for hydroxylation is 2. The summed E-state index contributed by atoms with van der Waals surface area (Å²) >= 11 is 0. The molecule has 0 spiro atoms. The third kappa shape index (κ3) is 5.37. The SMILES string of the molecule is Cn1c(CNCc2ccc(CN(Cc3ccccn3)C3CCCc4cccnc43)cc2)nc2ccccc21. The van der Waals surface area contributed by atoms with Crippen LogP contribution >= 0.6 is 0 Å². The van der Waals surface area contributed by atoms with Gasteiger partial charge in [0, 0.05) is 39.1 Å². The zero-order valence-corrected chi connectivity index (χ0v) is 21.9. The molecule has 0 aliphatic heterocycles. The molecule has 1 unspecified atom stereocenters. The zero-order valence-electron chi connectivity index (χ0n) is 21.9. The van der Waals surface area contributed by atoms with Crippen LogP contribution in [-0.4, -0.2) is 24.4 Å². The summed E-state index contributed by atoms with van der Waals surface area (Å²) in [7, 11) is 2.08. The van der Waals surface area contributed by atoms with Gasteiger partial charge in [-0.05, 0) is 66.3 Å². The molecule has 6 heteroatoms. The molecule has 0 saturated carbocycles. The molecule has 1 N–H and O–H groups in total. The minimum absolute atomic E-state index is 0.302. The molecule has 0 amide bonds. The van der Waals surface area contributed by atoms with Crippen LogP contribution in [0.2, 0.25) is 0 Å². The monoisotopic (exact) mass is 502 g/mol. The summed E-state index contributed by atoms with van der Waals surface area (Å²) in [4.78, 5) is 16.8. The summed E-state index contributed by atoms with van der Waals surface area (Å²) in [5.41, 5.74) is 8.51. The van der Waals surface area contributed by atoms with E-state index in [9.17, 15) is 0 Å². The first-order chi connectivity index (χ1) is 18.7. The van der Waals surface area contributed by atoms with Crippen molar-refractivity contribution in [3.8, 4) is 0 Å². The summed E-state index contributed by atoms with van der Waals surface area (Å²) in [6, 6.07) is 28.1.